The molecule has 19 heavy (non-hydrogen) atoms. The van der Waals surface area contributed by atoms with Gasteiger partial charge < -0.3 is 14.9 Å². The van der Waals surface area contributed by atoms with E-state index in [1.54, 1.807) is 4.90 Å². The first-order valence-corrected chi connectivity index (χ1v) is 6.16. The molecule has 104 valence electrons. The summed E-state index contributed by atoms with van der Waals surface area (Å²) in [5.74, 6) is -1.20. The summed E-state index contributed by atoms with van der Waals surface area (Å²) in [5, 5.41) is 16.0. The molecule has 1 aliphatic rings. The number of likely N-dealkylation sites (N-methyl/N-ethyl adjacent to an activating group) is 1. The highest BCUT2D eigenvalue weighted by Crippen LogP contribution is 2.06. The Morgan fingerprint density at radius 3 is 2.84 bits per heavy atom. The number of carbonyl (C=O) groups excluding carboxylic acids is 1. The highest BCUT2D eigenvalue weighted by molar-refractivity contribution is 5.92. The second kappa shape index (κ2) is 5.79. The van der Waals surface area contributed by atoms with Crippen molar-refractivity contribution in [2.45, 2.75) is 13.0 Å². The van der Waals surface area contributed by atoms with E-state index in [2.05, 4.69) is 15.2 Å². The zero-order valence-electron chi connectivity index (χ0n) is 10.8. The molecule has 1 N–H and O–H groups in total. The van der Waals surface area contributed by atoms with Crippen LogP contribution in [-0.4, -0.2) is 75.0 Å². The van der Waals surface area contributed by atoms with E-state index in [1.807, 2.05) is 7.05 Å². The first-order chi connectivity index (χ1) is 9.06. The molecule has 2 rings (SSSR count). The number of hydrogen-bond donors (Lipinski definition) is 1. The van der Waals surface area contributed by atoms with Crippen molar-refractivity contribution in [1.82, 2.24) is 24.8 Å². The number of hydrogen-bond acceptors (Lipinski definition) is 5. The Kier molecular flexibility index (Phi) is 4.10. The fourth-order valence-corrected chi connectivity index (χ4v) is 2.02. The SMILES string of the molecule is CN1CCCN(C(=O)c2cn(CC(=O)O)nn2)CC1. The molecular weight excluding hydrogens is 250 g/mol. The van der Waals surface area contributed by atoms with Crippen molar-refractivity contribution in [2.24, 2.45) is 0 Å². The van der Waals surface area contributed by atoms with Gasteiger partial charge in [-0.15, -0.1) is 5.10 Å². The van der Waals surface area contributed by atoms with Gasteiger partial charge >= 0.3 is 5.97 Å². The van der Waals surface area contributed by atoms with Gasteiger partial charge in [0.1, 0.15) is 6.54 Å². The predicted molar refractivity (Wildman–Crippen MR) is 65.7 cm³/mol. The van der Waals surface area contributed by atoms with Crippen LogP contribution in [0.15, 0.2) is 6.20 Å². The molecule has 1 amide bonds. The van der Waals surface area contributed by atoms with E-state index in [9.17, 15) is 9.59 Å². The molecule has 1 fully saturated rings. The van der Waals surface area contributed by atoms with Crippen LogP contribution in [0.4, 0.5) is 0 Å². The zero-order valence-corrected chi connectivity index (χ0v) is 10.8. The van der Waals surface area contributed by atoms with E-state index in [0.29, 0.717) is 13.1 Å². The number of carboxylic acid groups (broad SMARTS) is 1. The molecule has 0 bridgehead atoms. The Balaban J connectivity index is 2.02. The van der Waals surface area contributed by atoms with Crippen molar-refractivity contribution in [3.8, 4) is 0 Å². The summed E-state index contributed by atoms with van der Waals surface area (Å²) in [5.41, 5.74) is 0.200. The average molecular weight is 267 g/mol. The van der Waals surface area contributed by atoms with Crippen molar-refractivity contribution in [3.63, 3.8) is 0 Å². The summed E-state index contributed by atoms with van der Waals surface area (Å²) in [7, 11) is 2.02. The third-order valence-electron chi connectivity index (χ3n) is 3.06. The predicted octanol–water partition coefficient (Wildman–Crippen LogP) is -0.860. The molecule has 0 aliphatic carbocycles. The molecule has 1 aromatic heterocycles. The minimum atomic E-state index is -1.01. The maximum atomic E-state index is 12.2. The standard InChI is InChI=1S/C11H17N5O3/c1-14-3-2-4-15(6-5-14)11(19)9-7-16(13-12-9)8-10(17)18/h7H,2-6,8H2,1H3,(H,17,18). The Bertz CT molecular complexity index is 473. The fourth-order valence-electron chi connectivity index (χ4n) is 2.02. The van der Waals surface area contributed by atoms with Crippen LogP contribution in [0.5, 0.6) is 0 Å². The van der Waals surface area contributed by atoms with Crippen molar-refractivity contribution >= 4 is 11.9 Å². The number of nitrogens with zero attached hydrogens (tertiary/aromatic N) is 5. The lowest BCUT2D eigenvalue weighted by molar-refractivity contribution is -0.137. The van der Waals surface area contributed by atoms with E-state index in [1.165, 1.54) is 6.20 Å². The molecule has 2 heterocycles. The second-order valence-corrected chi connectivity index (χ2v) is 4.64. The van der Waals surface area contributed by atoms with E-state index >= 15 is 0 Å². The van der Waals surface area contributed by atoms with Crippen molar-refractivity contribution in [2.75, 3.05) is 33.2 Å². The molecule has 0 atom stereocenters. The molecule has 1 aliphatic heterocycles. The second-order valence-electron chi connectivity index (χ2n) is 4.64. The van der Waals surface area contributed by atoms with Crippen LogP contribution in [-0.2, 0) is 11.3 Å². The van der Waals surface area contributed by atoms with Crippen LogP contribution in [0.2, 0.25) is 0 Å². The number of aliphatic carboxylic acids is 1. The van der Waals surface area contributed by atoms with Gasteiger partial charge in [-0.05, 0) is 20.0 Å². The van der Waals surface area contributed by atoms with Gasteiger partial charge in [0.25, 0.3) is 5.91 Å². The maximum absolute atomic E-state index is 12.2. The van der Waals surface area contributed by atoms with Gasteiger partial charge in [0.15, 0.2) is 5.69 Å². The number of aromatic nitrogens is 3. The van der Waals surface area contributed by atoms with Crippen LogP contribution >= 0.6 is 0 Å². The van der Waals surface area contributed by atoms with E-state index in [0.717, 1.165) is 24.2 Å². The van der Waals surface area contributed by atoms with Gasteiger partial charge in [-0.1, -0.05) is 5.21 Å². The number of carbonyl (C=O) groups is 2. The van der Waals surface area contributed by atoms with Gasteiger partial charge in [0.05, 0.1) is 6.20 Å². The minimum absolute atomic E-state index is 0.188. The highest BCUT2D eigenvalue weighted by atomic mass is 16.4. The number of carboxylic acids is 1. The summed E-state index contributed by atoms with van der Waals surface area (Å²) in [6, 6.07) is 0. The average Bonchev–Trinajstić information content (AvgIpc) is 2.69. The third kappa shape index (κ3) is 3.50. The van der Waals surface area contributed by atoms with E-state index in [4.69, 9.17) is 5.11 Å². The molecule has 0 unspecified atom stereocenters. The molecule has 1 aromatic rings. The van der Waals surface area contributed by atoms with Crippen molar-refractivity contribution in [1.29, 1.82) is 0 Å². The van der Waals surface area contributed by atoms with Gasteiger partial charge in [-0.25, -0.2) is 4.68 Å². The normalized spacial score (nSPS) is 17.2. The van der Waals surface area contributed by atoms with E-state index in [-0.39, 0.29) is 18.1 Å². The molecule has 1 saturated heterocycles. The fraction of sp³-hybridized carbons (Fsp3) is 0.636. The minimum Gasteiger partial charge on any atom is -0.480 e. The topological polar surface area (TPSA) is 91.6 Å². The lowest BCUT2D eigenvalue weighted by Gasteiger charge is -2.18. The van der Waals surface area contributed by atoms with Gasteiger partial charge in [0.2, 0.25) is 0 Å². The molecule has 0 spiro atoms. The van der Waals surface area contributed by atoms with Crippen LogP contribution in [0.3, 0.4) is 0 Å². The summed E-state index contributed by atoms with van der Waals surface area (Å²) < 4.78 is 1.15. The summed E-state index contributed by atoms with van der Waals surface area (Å²) in [4.78, 5) is 26.7. The van der Waals surface area contributed by atoms with E-state index < -0.39 is 5.97 Å². The van der Waals surface area contributed by atoms with Crippen LogP contribution < -0.4 is 0 Å². The number of rotatable bonds is 3. The first-order valence-electron chi connectivity index (χ1n) is 6.16. The first kappa shape index (κ1) is 13.5. The Hall–Kier alpha value is -1.96. The van der Waals surface area contributed by atoms with Crippen LogP contribution in [0.25, 0.3) is 0 Å². The Morgan fingerprint density at radius 1 is 1.32 bits per heavy atom. The summed E-state index contributed by atoms with van der Waals surface area (Å²) >= 11 is 0. The van der Waals surface area contributed by atoms with Crippen LogP contribution in [0, 0.1) is 0 Å². The number of amides is 1. The lowest BCUT2D eigenvalue weighted by Crippen LogP contribution is -2.34. The van der Waals surface area contributed by atoms with Crippen molar-refractivity contribution < 1.29 is 14.7 Å². The zero-order chi connectivity index (χ0) is 13.8. The third-order valence-corrected chi connectivity index (χ3v) is 3.06. The van der Waals surface area contributed by atoms with Crippen LogP contribution in [0.1, 0.15) is 16.9 Å². The maximum Gasteiger partial charge on any atom is 0.325 e. The molecule has 0 saturated carbocycles. The molecular formula is C11H17N5O3. The Labute approximate surface area is 110 Å². The monoisotopic (exact) mass is 267 g/mol. The lowest BCUT2D eigenvalue weighted by atomic mass is 10.3. The molecule has 8 heteroatoms. The smallest absolute Gasteiger partial charge is 0.325 e. The Morgan fingerprint density at radius 2 is 2.11 bits per heavy atom. The molecule has 0 aromatic carbocycles. The quantitative estimate of drug-likeness (QED) is 0.766. The summed E-state index contributed by atoms with van der Waals surface area (Å²) in [6.45, 7) is 2.85. The molecule has 0 radical (unpaired) electrons. The van der Waals surface area contributed by atoms with Crippen molar-refractivity contribution in [3.05, 3.63) is 11.9 Å². The molecule has 8 nitrogen and oxygen atoms in total. The highest BCUT2D eigenvalue weighted by Gasteiger charge is 2.21. The van der Waals surface area contributed by atoms with Gasteiger partial charge in [-0.3, -0.25) is 9.59 Å². The van der Waals surface area contributed by atoms with Gasteiger partial charge in [-0.2, -0.15) is 0 Å². The summed E-state index contributed by atoms with van der Waals surface area (Å²) in [6.07, 6.45) is 2.30. The van der Waals surface area contributed by atoms with Gasteiger partial charge in [0, 0.05) is 19.6 Å². The largest absolute Gasteiger partial charge is 0.480 e.